The molecule has 7 nitrogen and oxygen atoms in total. The zero-order chi connectivity index (χ0) is 16.9. The van der Waals surface area contributed by atoms with E-state index in [-0.39, 0.29) is 12.0 Å². The van der Waals surface area contributed by atoms with Crippen LogP contribution in [0.1, 0.15) is 41.0 Å². The van der Waals surface area contributed by atoms with E-state index in [9.17, 15) is 4.79 Å². The molecule has 0 aliphatic carbocycles. The normalized spacial score (nSPS) is 17.9. The molecule has 128 valence electrons. The molecule has 1 fully saturated rings. The molecule has 1 aliphatic heterocycles. The van der Waals surface area contributed by atoms with Crippen LogP contribution >= 0.6 is 0 Å². The topological polar surface area (TPSA) is 81.4 Å². The number of hydrogen-bond acceptors (Lipinski definition) is 6. The Morgan fingerprint density at radius 1 is 1.33 bits per heavy atom. The highest BCUT2D eigenvalue weighted by atomic mass is 16.5. The number of morpholine rings is 1. The van der Waals surface area contributed by atoms with Crippen molar-refractivity contribution in [1.29, 1.82) is 0 Å². The molecule has 2 aromatic rings. The van der Waals surface area contributed by atoms with Gasteiger partial charge in [-0.3, -0.25) is 4.79 Å². The third-order valence-electron chi connectivity index (χ3n) is 4.14. The van der Waals surface area contributed by atoms with E-state index in [1.54, 1.807) is 17.3 Å². The van der Waals surface area contributed by atoms with Gasteiger partial charge in [-0.05, 0) is 32.3 Å². The number of rotatable bonds is 5. The van der Waals surface area contributed by atoms with Crippen LogP contribution in [0.25, 0.3) is 0 Å². The lowest BCUT2D eigenvalue weighted by molar-refractivity contribution is -0.0258. The molecule has 0 N–H and O–H groups in total. The van der Waals surface area contributed by atoms with Crippen molar-refractivity contribution in [3.63, 3.8) is 0 Å². The molecule has 0 radical (unpaired) electrons. The Kier molecular flexibility index (Phi) is 5.20. The molecule has 0 unspecified atom stereocenters. The van der Waals surface area contributed by atoms with Crippen LogP contribution in [0.5, 0.6) is 0 Å². The number of nitrogens with zero attached hydrogens (tertiary/aromatic N) is 4. The summed E-state index contributed by atoms with van der Waals surface area (Å²) in [4.78, 5) is 22.7. The maximum Gasteiger partial charge on any atom is 0.292 e. The highest BCUT2D eigenvalue weighted by Gasteiger charge is 2.27. The highest BCUT2D eigenvalue weighted by Crippen LogP contribution is 2.15. The van der Waals surface area contributed by atoms with Crippen molar-refractivity contribution in [2.45, 2.75) is 39.2 Å². The minimum Gasteiger partial charge on any atom is -0.375 e. The SMILES string of the molecule is CCc1cc(C(=O)N2CCO[C@@H](CCc3cc(C)ncn3)C2)on1. The van der Waals surface area contributed by atoms with Crippen molar-refractivity contribution in [2.75, 3.05) is 19.7 Å². The molecule has 0 saturated carbocycles. The lowest BCUT2D eigenvalue weighted by Crippen LogP contribution is -2.45. The standard InChI is InChI=1S/C17H22N4O3/c1-3-13-9-16(24-20-13)17(22)21-6-7-23-15(10-21)5-4-14-8-12(2)18-11-19-14/h8-9,11,15H,3-7,10H2,1-2H3/t15-/m0/s1. The van der Waals surface area contributed by atoms with E-state index in [1.165, 1.54) is 0 Å². The van der Waals surface area contributed by atoms with Gasteiger partial charge in [-0.15, -0.1) is 0 Å². The fraction of sp³-hybridized carbons (Fsp3) is 0.529. The molecular weight excluding hydrogens is 308 g/mol. The maximum absolute atomic E-state index is 12.5. The average molecular weight is 330 g/mol. The number of amides is 1. The lowest BCUT2D eigenvalue weighted by Gasteiger charge is -2.32. The first-order chi connectivity index (χ1) is 11.7. The largest absolute Gasteiger partial charge is 0.375 e. The molecular formula is C17H22N4O3. The number of hydrogen-bond donors (Lipinski definition) is 0. The minimum absolute atomic E-state index is 0.00605. The summed E-state index contributed by atoms with van der Waals surface area (Å²) in [5.41, 5.74) is 2.75. The molecule has 1 atom stereocenters. The van der Waals surface area contributed by atoms with Gasteiger partial charge in [0.15, 0.2) is 0 Å². The summed E-state index contributed by atoms with van der Waals surface area (Å²) in [7, 11) is 0. The van der Waals surface area contributed by atoms with Crippen LogP contribution in [0, 0.1) is 6.92 Å². The number of aromatic nitrogens is 3. The number of carbonyl (C=O) groups is 1. The van der Waals surface area contributed by atoms with Crippen molar-refractivity contribution in [3.8, 4) is 0 Å². The van der Waals surface area contributed by atoms with Crippen molar-refractivity contribution >= 4 is 5.91 Å². The smallest absolute Gasteiger partial charge is 0.292 e. The average Bonchev–Trinajstić information content (AvgIpc) is 3.09. The van der Waals surface area contributed by atoms with E-state index < -0.39 is 0 Å². The van der Waals surface area contributed by atoms with Gasteiger partial charge in [0.2, 0.25) is 5.76 Å². The summed E-state index contributed by atoms with van der Waals surface area (Å²) >= 11 is 0. The van der Waals surface area contributed by atoms with Crippen molar-refractivity contribution < 1.29 is 14.1 Å². The molecule has 1 saturated heterocycles. The van der Waals surface area contributed by atoms with Gasteiger partial charge in [-0.1, -0.05) is 12.1 Å². The Hall–Kier alpha value is -2.28. The Morgan fingerprint density at radius 2 is 2.21 bits per heavy atom. The monoisotopic (exact) mass is 330 g/mol. The van der Waals surface area contributed by atoms with Gasteiger partial charge in [0.1, 0.15) is 6.33 Å². The zero-order valence-corrected chi connectivity index (χ0v) is 14.1. The molecule has 3 rings (SSSR count). The van der Waals surface area contributed by atoms with E-state index in [0.29, 0.717) is 25.5 Å². The second-order valence-corrected chi connectivity index (χ2v) is 5.97. The van der Waals surface area contributed by atoms with Gasteiger partial charge in [-0.25, -0.2) is 9.97 Å². The minimum atomic E-state index is -0.117. The summed E-state index contributed by atoms with van der Waals surface area (Å²) in [6.07, 6.45) is 3.96. The molecule has 1 aliphatic rings. The van der Waals surface area contributed by atoms with Crippen molar-refractivity contribution in [1.82, 2.24) is 20.0 Å². The summed E-state index contributed by atoms with van der Waals surface area (Å²) in [6, 6.07) is 3.70. The van der Waals surface area contributed by atoms with Crippen LogP contribution in [-0.4, -0.2) is 51.7 Å². The van der Waals surface area contributed by atoms with Crippen LogP contribution in [-0.2, 0) is 17.6 Å². The first-order valence-electron chi connectivity index (χ1n) is 8.29. The summed E-state index contributed by atoms with van der Waals surface area (Å²) in [6.45, 7) is 5.60. The Labute approximate surface area is 141 Å². The second-order valence-electron chi connectivity index (χ2n) is 5.97. The Balaban J connectivity index is 1.56. The first-order valence-corrected chi connectivity index (χ1v) is 8.29. The number of aryl methyl sites for hydroxylation is 3. The van der Waals surface area contributed by atoms with Crippen LogP contribution in [0.4, 0.5) is 0 Å². The Bertz CT molecular complexity index is 701. The van der Waals surface area contributed by atoms with Gasteiger partial charge in [0.25, 0.3) is 5.91 Å². The van der Waals surface area contributed by atoms with Gasteiger partial charge in [0.05, 0.1) is 18.4 Å². The fourth-order valence-corrected chi connectivity index (χ4v) is 2.77. The van der Waals surface area contributed by atoms with Crippen LogP contribution in [0.3, 0.4) is 0 Å². The van der Waals surface area contributed by atoms with Gasteiger partial charge < -0.3 is 14.2 Å². The molecule has 1 amide bonds. The summed E-state index contributed by atoms with van der Waals surface area (Å²) in [5.74, 6) is 0.187. The summed E-state index contributed by atoms with van der Waals surface area (Å²) < 4.78 is 10.9. The zero-order valence-electron chi connectivity index (χ0n) is 14.1. The molecule has 3 heterocycles. The first kappa shape index (κ1) is 16.6. The third kappa shape index (κ3) is 3.97. The van der Waals surface area contributed by atoms with E-state index in [0.717, 1.165) is 36.3 Å². The van der Waals surface area contributed by atoms with Gasteiger partial charge in [-0.2, -0.15) is 0 Å². The predicted molar refractivity (Wildman–Crippen MR) is 86.6 cm³/mol. The number of carbonyl (C=O) groups excluding carboxylic acids is 1. The Morgan fingerprint density at radius 3 is 2.96 bits per heavy atom. The van der Waals surface area contributed by atoms with Crippen molar-refractivity contribution in [2.24, 2.45) is 0 Å². The maximum atomic E-state index is 12.5. The third-order valence-corrected chi connectivity index (χ3v) is 4.14. The van der Waals surface area contributed by atoms with E-state index in [4.69, 9.17) is 9.26 Å². The summed E-state index contributed by atoms with van der Waals surface area (Å²) in [5, 5.41) is 3.89. The van der Waals surface area contributed by atoms with Gasteiger partial charge in [0, 0.05) is 30.5 Å². The fourth-order valence-electron chi connectivity index (χ4n) is 2.77. The quantitative estimate of drug-likeness (QED) is 0.831. The molecule has 0 aromatic carbocycles. The number of ether oxygens (including phenoxy) is 1. The van der Waals surface area contributed by atoms with Crippen LogP contribution in [0.2, 0.25) is 0 Å². The van der Waals surface area contributed by atoms with Crippen molar-refractivity contribution in [3.05, 3.63) is 41.3 Å². The van der Waals surface area contributed by atoms with Crippen LogP contribution in [0.15, 0.2) is 23.0 Å². The van der Waals surface area contributed by atoms with E-state index in [2.05, 4.69) is 15.1 Å². The van der Waals surface area contributed by atoms with E-state index >= 15 is 0 Å². The van der Waals surface area contributed by atoms with E-state index in [1.807, 2.05) is 19.9 Å². The highest BCUT2D eigenvalue weighted by molar-refractivity contribution is 5.91. The van der Waals surface area contributed by atoms with Crippen LogP contribution < -0.4 is 0 Å². The molecule has 0 bridgehead atoms. The van der Waals surface area contributed by atoms with Gasteiger partial charge >= 0.3 is 0 Å². The molecule has 24 heavy (non-hydrogen) atoms. The predicted octanol–water partition coefficient (Wildman–Crippen LogP) is 1.81. The second kappa shape index (κ2) is 7.53. The molecule has 2 aromatic heterocycles. The molecule has 7 heteroatoms. The lowest BCUT2D eigenvalue weighted by atomic mass is 10.1. The molecule has 0 spiro atoms.